The van der Waals surface area contributed by atoms with Crippen LogP contribution in [0.2, 0.25) is 0 Å². The molecule has 0 spiro atoms. The molecule has 2 saturated carbocycles. The number of amides is 4. The van der Waals surface area contributed by atoms with Crippen LogP contribution in [0.1, 0.15) is 137 Å². The molecule has 6 aromatic rings. The summed E-state index contributed by atoms with van der Waals surface area (Å²) in [5.74, 6) is 1.13. The second-order valence-corrected chi connectivity index (χ2v) is 28.4. The highest BCUT2D eigenvalue weighted by atomic mass is 16.6. The molecular formula is C76H80N6O8. The second-order valence-electron chi connectivity index (χ2n) is 28.4. The summed E-state index contributed by atoms with van der Waals surface area (Å²) < 4.78 is 21.3. The smallest absolute Gasteiger partial charge is 0.409 e. The van der Waals surface area contributed by atoms with Gasteiger partial charge in [-0.25, -0.2) is 19.2 Å². The minimum absolute atomic E-state index is 0.000710. The molecule has 0 aromatic heterocycles. The van der Waals surface area contributed by atoms with E-state index < -0.39 is 5.54 Å². The Labute approximate surface area is 527 Å². The van der Waals surface area contributed by atoms with Gasteiger partial charge in [-0.15, -0.1) is 0 Å². The molecule has 0 radical (unpaired) electrons. The van der Waals surface area contributed by atoms with E-state index in [0.29, 0.717) is 37.9 Å². The molecule has 12 atom stereocenters. The van der Waals surface area contributed by atoms with E-state index in [9.17, 15) is 19.2 Å². The topological polar surface area (TPSA) is 143 Å². The number of benzene rings is 6. The zero-order valence-corrected chi connectivity index (χ0v) is 52.3. The number of fused-ring (bicyclic) bond motifs is 20. The van der Waals surface area contributed by atoms with Crippen LogP contribution in [0.4, 0.5) is 24.9 Å². The fourth-order valence-electron chi connectivity index (χ4n) is 23.4. The fourth-order valence-corrected chi connectivity index (χ4v) is 23.4. The maximum Gasteiger partial charge on any atom is 0.409 e. The Morgan fingerprint density at radius 3 is 1.36 bits per heavy atom. The van der Waals surface area contributed by atoms with Crippen molar-refractivity contribution in [2.24, 2.45) is 22.1 Å². The van der Waals surface area contributed by atoms with E-state index in [1.807, 2.05) is 14.7 Å². The molecule has 18 rings (SSSR count). The van der Waals surface area contributed by atoms with Crippen LogP contribution in [-0.4, -0.2) is 123 Å². The van der Waals surface area contributed by atoms with Crippen molar-refractivity contribution >= 4 is 30.1 Å². The molecular weight excluding hydrogens is 1120 g/mol. The second kappa shape index (κ2) is 20.2. The van der Waals surface area contributed by atoms with Crippen LogP contribution in [0, 0.1) is 11.8 Å². The third-order valence-electron chi connectivity index (χ3n) is 26.2. The summed E-state index contributed by atoms with van der Waals surface area (Å²) in [7, 11) is 5.96. The predicted molar refractivity (Wildman–Crippen MR) is 339 cm³/mol. The van der Waals surface area contributed by atoms with Crippen LogP contribution in [0.25, 0.3) is 0 Å². The van der Waals surface area contributed by atoms with Gasteiger partial charge >= 0.3 is 24.4 Å². The highest BCUT2D eigenvalue weighted by Gasteiger charge is 2.73. The molecule has 14 heteroatoms. The van der Waals surface area contributed by atoms with Gasteiger partial charge in [0.15, 0.2) is 0 Å². The van der Waals surface area contributed by atoms with E-state index in [-0.39, 0.29) is 75.6 Å². The molecule has 4 heterocycles. The largest absolute Gasteiger partial charge is 0.453 e. The Morgan fingerprint density at radius 2 is 0.789 bits per heavy atom. The first-order valence-electron chi connectivity index (χ1n) is 33.4. The van der Waals surface area contributed by atoms with Crippen LogP contribution in [-0.2, 0) is 90.1 Å². The van der Waals surface area contributed by atoms with E-state index in [0.717, 1.165) is 88.4 Å². The van der Waals surface area contributed by atoms with Gasteiger partial charge in [0.2, 0.25) is 0 Å². The summed E-state index contributed by atoms with van der Waals surface area (Å²) in [4.78, 5) is 60.7. The third-order valence-corrected chi connectivity index (χ3v) is 26.2. The number of methoxy groups -OCH3 is 4. The average Bonchev–Trinajstić information content (AvgIpc) is 1.53. The molecule has 12 aliphatic rings. The molecule has 0 bridgehead atoms. The summed E-state index contributed by atoms with van der Waals surface area (Å²) >= 11 is 0. The number of rotatable bonds is 5. The molecule has 462 valence electrons. The van der Waals surface area contributed by atoms with E-state index >= 15 is 0 Å². The highest BCUT2D eigenvalue weighted by Crippen LogP contribution is 2.72. The number of hydrogen-bond acceptors (Lipinski definition) is 10. The quantitative estimate of drug-likeness (QED) is 0.123. The van der Waals surface area contributed by atoms with Gasteiger partial charge in [0, 0.05) is 65.3 Å². The maximum absolute atomic E-state index is 13.5. The Morgan fingerprint density at radius 1 is 0.378 bits per heavy atom. The number of azo groups is 1. The maximum atomic E-state index is 13.5. The van der Waals surface area contributed by atoms with Crippen molar-refractivity contribution in [1.29, 1.82) is 0 Å². The molecule has 8 aliphatic carbocycles. The van der Waals surface area contributed by atoms with Crippen LogP contribution in [0.3, 0.4) is 0 Å². The lowest BCUT2D eigenvalue weighted by Gasteiger charge is -2.50. The van der Waals surface area contributed by atoms with Crippen molar-refractivity contribution in [3.8, 4) is 0 Å². The monoisotopic (exact) mass is 1200 g/mol. The summed E-state index contributed by atoms with van der Waals surface area (Å²) in [5, 5.41) is 10.4. The third kappa shape index (κ3) is 6.95. The van der Waals surface area contributed by atoms with Crippen molar-refractivity contribution in [2.75, 3.05) is 54.6 Å². The highest BCUT2D eigenvalue weighted by molar-refractivity contribution is 5.75. The summed E-state index contributed by atoms with van der Waals surface area (Å²) in [6.07, 6.45) is 15.0. The van der Waals surface area contributed by atoms with Crippen LogP contribution < -0.4 is 0 Å². The van der Waals surface area contributed by atoms with E-state index in [4.69, 9.17) is 29.2 Å². The first-order valence-corrected chi connectivity index (χ1v) is 33.4. The lowest BCUT2D eigenvalue weighted by atomic mass is 9.53. The summed E-state index contributed by atoms with van der Waals surface area (Å²) in [6.45, 7) is 2.69. The van der Waals surface area contributed by atoms with Gasteiger partial charge in [-0.2, -0.15) is 10.2 Å². The molecule has 0 N–H and O–H groups in total. The van der Waals surface area contributed by atoms with Crippen molar-refractivity contribution in [2.45, 2.75) is 160 Å². The number of ether oxygens (including phenoxy) is 4. The molecule has 4 saturated heterocycles. The van der Waals surface area contributed by atoms with Gasteiger partial charge in [0.05, 0.1) is 46.2 Å². The number of carbonyl (C=O) groups is 4. The first kappa shape index (κ1) is 56.0. The van der Waals surface area contributed by atoms with Gasteiger partial charge in [0.1, 0.15) is 5.54 Å². The molecule has 4 aliphatic heterocycles. The minimum Gasteiger partial charge on any atom is -0.453 e. The van der Waals surface area contributed by atoms with Crippen LogP contribution >= 0.6 is 0 Å². The predicted octanol–water partition coefficient (Wildman–Crippen LogP) is 13.3. The average molecular weight is 1210 g/mol. The van der Waals surface area contributed by atoms with Gasteiger partial charge in [-0.05, 0) is 180 Å². The van der Waals surface area contributed by atoms with Crippen molar-refractivity contribution < 1.29 is 38.1 Å². The summed E-state index contributed by atoms with van der Waals surface area (Å²) in [5.41, 5.74) is 17.3. The minimum atomic E-state index is -0.614. The molecule has 0 unspecified atom stereocenters. The lowest BCUT2D eigenvalue weighted by Crippen LogP contribution is -2.55. The van der Waals surface area contributed by atoms with E-state index in [1.165, 1.54) is 121 Å². The van der Waals surface area contributed by atoms with E-state index in [2.05, 4.69) is 138 Å². The summed E-state index contributed by atoms with van der Waals surface area (Å²) in [6, 6.07) is 49.0. The van der Waals surface area contributed by atoms with Gasteiger partial charge < -0.3 is 38.5 Å². The SMILES string of the molecule is COC(=O)N1CC[C@]2(N=Nc3cccc4c3C[C@H]3N(C(=O)OC)CC[C@@]43[C@]34CCC[C@H]3Cc3ccccc34)c3ccccc3C[C@H]12.COC(=O)N1CC[C@]2(c3cccc4c3C[C@H]3N(C(=O)OC)CC[C@@]43[C@]34CCC[C@H]3Cc3ccccc34)c3ccccc3C[C@H]12. The van der Waals surface area contributed by atoms with Gasteiger partial charge in [0.25, 0.3) is 0 Å². The fraction of sp³-hybridized carbons (Fsp3) is 0.474. The standard InChI is InChI=1S/C38H40N4O4.C38H40N2O4/c1-45-34(43)41-19-17-37(36-16-8-11-26(36)21-24-9-3-5-12-28(24)36)30-14-7-15-31(27(30)23-32(37)41)39-40-38-18-20-42(35(44)46-2)33(38)22-25-10-4-6-13-29(25)38;1-43-34(41)39-19-17-36(28-12-5-3-10-25(28)22-32(36)39)30-14-7-15-31-27(30)23-33-38(31,18-20-40(33)35(42)44-2)37-16-8-11-26(37)21-24-9-4-6-13-29(24)37/h3-7,9-10,12-15,26,32-33H,8,11,16-23H2,1-2H3;3-7,9-10,12-15,26,32-33H,8,11,16-23H2,1-2H3/t26-,32+,33-,36+,37+,38-;26-,32-,33+,36+,37+,38+/m00/s1. The molecule has 90 heavy (non-hydrogen) atoms. The normalized spacial score (nSPS) is 33.4. The number of nitrogens with zero attached hydrogens (tertiary/aromatic N) is 6. The van der Waals surface area contributed by atoms with Crippen LogP contribution in [0.5, 0.6) is 0 Å². The van der Waals surface area contributed by atoms with Crippen molar-refractivity contribution in [1.82, 2.24) is 19.6 Å². The van der Waals surface area contributed by atoms with Gasteiger partial charge in [-0.1, -0.05) is 140 Å². The zero-order valence-electron chi connectivity index (χ0n) is 52.3. The Bertz CT molecular complexity index is 4040. The molecule has 6 fully saturated rings. The first-order chi connectivity index (χ1) is 44.0. The molecule has 6 aromatic carbocycles. The Hall–Kier alpha value is -8.00. The number of hydrogen-bond donors (Lipinski definition) is 0. The lowest BCUT2D eigenvalue weighted by molar-refractivity contribution is 0.0918. The molecule has 4 amide bonds. The Balaban J connectivity index is 0.000000139. The molecule has 14 nitrogen and oxygen atoms in total. The van der Waals surface area contributed by atoms with Crippen LogP contribution in [0.15, 0.2) is 144 Å². The zero-order chi connectivity index (χ0) is 61.1. The number of carbonyl (C=O) groups excluding carboxylic acids is 4. The number of likely N-dealkylation sites (tertiary alicyclic amines) is 4. The Kier molecular flexibility index (Phi) is 12.6. The van der Waals surface area contributed by atoms with Crippen molar-refractivity contribution in [3.63, 3.8) is 0 Å². The van der Waals surface area contributed by atoms with Gasteiger partial charge in [-0.3, -0.25) is 0 Å². The van der Waals surface area contributed by atoms with E-state index in [1.54, 1.807) is 0 Å². The van der Waals surface area contributed by atoms with Crippen molar-refractivity contribution in [3.05, 3.63) is 206 Å².